The van der Waals surface area contributed by atoms with Crippen LogP contribution in [0.1, 0.15) is 32.7 Å². The minimum atomic E-state index is -0.196. The van der Waals surface area contributed by atoms with Gasteiger partial charge in [-0.25, -0.2) is 9.99 Å². The Hall–Kier alpha value is -2.27. The van der Waals surface area contributed by atoms with E-state index in [4.69, 9.17) is 5.10 Å². The van der Waals surface area contributed by atoms with Gasteiger partial charge < -0.3 is 0 Å². The highest BCUT2D eigenvalue weighted by atomic mass is 32.2. The molecule has 4 aromatic rings. The standard InChI is InChI=1S/C22H18N4O2S4/c27-19(10-25-12-23-21-20(22(25)28)13-5-8-29-11-18(13)32-21)26-15(17-4-2-7-31-17)9-14(24-26)16-3-1-6-30-16/h1-4,6-7,12,15H,5,8-11H2. The van der Waals surface area contributed by atoms with Crippen molar-refractivity contribution in [3.05, 3.63) is 71.9 Å². The molecule has 1 amide bonds. The van der Waals surface area contributed by atoms with Crippen LogP contribution in [0, 0.1) is 0 Å². The molecular formula is C22H18N4O2S4. The maximum absolute atomic E-state index is 13.4. The van der Waals surface area contributed by atoms with E-state index in [9.17, 15) is 9.59 Å². The van der Waals surface area contributed by atoms with E-state index in [1.54, 1.807) is 39.0 Å². The molecule has 32 heavy (non-hydrogen) atoms. The van der Waals surface area contributed by atoms with Gasteiger partial charge in [0, 0.05) is 21.9 Å². The molecule has 2 aliphatic heterocycles. The molecule has 6 nitrogen and oxygen atoms in total. The predicted octanol–water partition coefficient (Wildman–Crippen LogP) is 4.75. The van der Waals surface area contributed by atoms with Crippen LogP contribution in [0.3, 0.4) is 0 Å². The summed E-state index contributed by atoms with van der Waals surface area (Å²) in [6, 6.07) is 7.92. The second-order valence-electron chi connectivity index (χ2n) is 7.66. The summed E-state index contributed by atoms with van der Waals surface area (Å²) in [5.74, 6) is 1.76. The number of hydrazone groups is 1. The summed E-state index contributed by atoms with van der Waals surface area (Å²) in [5.41, 5.74) is 1.91. The number of thiophene rings is 3. The molecule has 4 aromatic heterocycles. The molecule has 0 radical (unpaired) electrons. The van der Waals surface area contributed by atoms with E-state index in [1.165, 1.54) is 15.8 Å². The van der Waals surface area contributed by atoms with E-state index in [2.05, 4.69) is 4.98 Å². The number of nitrogens with zero attached hydrogens (tertiary/aromatic N) is 4. The molecule has 0 saturated heterocycles. The number of carbonyl (C=O) groups excluding carboxylic acids is 1. The zero-order valence-corrected chi connectivity index (χ0v) is 20.2. The van der Waals surface area contributed by atoms with Gasteiger partial charge in [-0.15, -0.1) is 34.0 Å². The zero-order chi connectivity index (χ0) is 21.7. The Balaban J connectivity index is 1.34. The van der Waals surface area contributed by atoms with E-state index in [0.717, 1.165) is 43.8 Å². The number of amides is 1. The van der Waals surface area contributed by atoms with Crippen LogP contribution < -0.4 is 5.56 Å². The molecule has 1 atom stereocenters. The molecule has 0 spiro atoms. The highest BCUT2D eigenvalue weighted by Gasteiger charge is 2.34. The lowest BCUT2D eigenvalue weighted by Gasteiger charge is -2.21. The van der Waals surface area contributed by atoms with Gasteiger partial charge in [0.25, 0.3) is 11.5 Å². The lowest BCUT2D eigenvalue weighted by Crippen LogP contribution is -2.34. The number of hydrogen-bond donors (Lipinski definition) is 0. The van der Waals surface area contributed by atoms with Crippen molar-refractivity contribution in [2.75, 3.05) is 5.75 Å². The van der Waals surface area contributed by atoms with E-state index in [1.807, 2.05) is 46.8 Å². The summed E-state index contributed by atoms with van der Waals surface area (Å²) in [5, 5.41) is 11.0. The van der Waals surface area contributed by atoms with Crippen LogP contribution in [-0.2, 0) is 23.5 Å². The summed E-state index contributed by atoms with van der Waals surface area (Å²) < 4.78 is 1.45. The molecule has 10 heteroatoms. The first-order chi connectivity index (χ1) is 15.7. The molecule has 0 N–H and O–H groups in total. The zero-order valence-electron chi connectivity index (χ0n) is 16.9. The molecule has 6 rings (SSSR count). The average molecular weight is 499 g/mol. The van der Waals surface area contributed by atoms with Crippen LogP contribution in [0.4, 0.5) is 0 Å². The van der Waals surface area contributed by atoms with Crippen molar-refractivity contribution in [3.63, 3.8) is 0 Å². The van der Waals surface area contributed by atoms with E-state index >= 15 is 0 Å². The van der Waals surface area contributed by atoms with Crippen molar-refractivity contribution in [3.8, 4) is 0 Å². The summed E-state index contributed by atoms with van der Waals surface area (Å²) in [6.07, 6.45) is 3.07. The minimum absolute atomic E-state index is 0.0652. The van der Waals surface area contributed by atoms with Gasteiger partial charge in [0.1, 0.15) is 11.4 Å². The van der Waals surface area contributed by atoms with Gasteiger partial charge >= 0.3 is 0 Å². The highest BCUT2D eigenvalue weighted by Crippen LogP contribution is 2.37. The first kappa shape index (κ1) is 20.3. The Labute approximate surface area is 200 Å². The van der Waals surface area contributed by atoms with Gasteiger partial charge in [-0.3, -0.25) is 14.2 Å². The number of rotatable bonds is 4. The highest BCUT2D eigenvalue weighted by molar-refractivity contribution is 7.98. The van der Waals surface area contributed by atoms with Crippen molar-refractivity contribution >= 4 is 67.6 Å². The molecular weight excluding hydrogens is 481 g/mol. The third-order valence-corrected chi connectivity index (χ3v) is 9.94. The number of hydrogen-bond acceptors (Lipinski definition) is 8. The number of aromatic nitrogens is 2. The molecule has 0 saturated carbocycles. The van der Waals surface area contributed by atoms with Gasteiger partial charge in [0.2, 0.25) is 0 Å². The SMILES string of the molecule is O=C(Cn1cnc2sc3c(c2c1=O)CCSC3)N1N=C(c2cccs2)CC1c1cccs1. The molecule has 1 unspecified atom stereocenters. The topological polar surface area (TPSA) is 67.6 Å². The molecule has 0 bridgehead atoms. The fourth-order valence-electron chi connectivity index (χ4n) is 4.21. The average Bonchev–Trinajstić information content (AvgIpc) is 3.60. The Kier molecular flexibility index (Phi) is 5.25. The first-order valence-corrected chi connectivity index (χ1v) is 14.0. The van der Waals surface area contributed by atoms with E-state index in [0.29, 0.717) is 11.8 Å². The van der Waals surface area contributed by atoms with Crippen molar-refractivity contribution in [1.29, 1.82) is 0 Å². The van der Waals surface area contributed by atoms with E-state index in [-0.39, 0.29) is 24.1 Å². The monoisotopic (exact) mass is 498 g/mol. The van der Waals surface area contributed by atoms with Gasteiger partial charge in [-0.1, -0.05) is 12.1 Å². The first-order valence-electron chi connectivity index (χ1n) is 10.2. The van der Waals surface area contributed by atoms with Crippen molar-refractivity contribution in [1.82, 2.24) is 14.6 Å². The summed E-state index contributed by atoms with van der Waals surface area (Å²) >= 11 is 6.74. The van der Waals surface area contributed by atoms with Crippen LogP contribution >= 0.6 is 45.8 Å². The molecule has 2 aliphatic rings. The maximum atomic E-state index is 13.4. The van der Waals surface area contributed by atoms with Gasteiger partial charge in [0.15, 0.2) is 0 Å². The van der Waals surface area contributed by atoms with Crippen LogP contribution in [0.2, 0.25) is 0 Å². The Morgan fingerprint density at radius 2 is 2.06 bits per heavy atom. The van der Waals surface area contributed by atoms with Crippen molar-refractivity contribution in [2.45, 2.75) is 31.2 Å². The lowest BCUT2D eigenvalue weighted by molar-refractivity contribution is -0.133. The largest absolute Gasteiger partial charge is 0.289 e. The van der Waals surface area contributed by atoms with Gasteiger partial charge in [-0.2, -0.15) is 16.9 Å². The smallest absolute Gasteiger partial charge is 0.263 e. The van der Waals surface area contributed by atoms with Gasteiger partial charge in [-0.05, 0) is 40.6 Å². The van der Waals surface area contributed by atoms with Crippen molar-refractivity contribution < 1.29 is 4.79 Å². The third-order valence-electron chi connectivity index (χ3n) is 5.74. The summed E-state index contributed by atoms with van der Waals surface area (Å²) in [7, 11) is 0. The van der Waals surface area contributed by atoms with Crippen molar-refractivity contribution in [2.24, 2.45) is 5.10 Å². The fraction of sp³-hybridized carbons (Fsp3) is 0.273. The Morgan fingerprint density at radius 1 is 1.19 bits per heavy atom. The van der Waals surface area contributed by atoms with Crippen LogP contribution in [0.25, 0.3) is 10.2 Å². The quantitative estimate of drug-likeness (QED) is 0.407. The number of fused-ring (bicyclic) bond motifs is 3. The second kappa shape index (κ2) is 8.26. The van der Waals surface area contributed by atoms with Crippen LogP contribution in [-0.4, -0.2) is 31.9 Å². The number of carbonyl (C=O) groups is 1. The minimum Gasteiger partial charge on any atom is -0.289 e. The molecule has 0 aromatic carbocycles. The number of aryl methyl sites for hydroxylation is 1. The molecule has 6 heterocycles. The molecule has 162 valence electrons. The molecule has 0 fully saturated rings. The summed E-state index contributed by atoms with van der Waals surface area (Å²) in [4.78, 5) is 35.4. The number of thioether (sulfide) groups is 1. The van der Waals surface area contributed by atoms with E-state index < -0.39 is 0 Å². The lowest BCUT2D eigenvalue weighted by atomic mass is 10.1. The Bertz CT molecular complexity index is 1390. The fourth-order valence-corrected chi connectivity index (χ4v) is 8.06. The third kappa shape index (κ3) is 3.45. The summed E-state index contributed by atoms with van der Waals surface area (Å²) in [6.45, 7) is -0.0652. The normalized spacial score (nSPS) is 18.2. The van der Waals surface area contributed by atoms with Gasteiger partial charge in [0.05, 0.1) is 28.3 Å². The maximum Gasteiger partial charge on any atom is 0.263 e. The van der Waals surface area contributed by atoms with Crippen LogP contribution in [0.5, 0.6) is 0 Å². The van der Waals surface area contributed by atoms with Crippen LogP contribution in [0.15, 0.2) is 51.2 Å². The Morgan fingerprint density at radius 3 is 2.88 bits per heavy atom. The predicted molar refractivity (Wildman–Crippen MR) is 133 cm³/mol. The molecule has 0 aliphatic carbocycles. The second-order valence-corrected chi connectivity index (χ2v) is 11.8.